The quantitative estimate of drug-likeness (QED) is 0.251. The van der Waals surface area contributed by atoms with Gasteiger partial charge in [-0.15, -0.1) is 11.3 Å². The summed E-state index contributed by atoms with van der Waals surface area (Å²) in [6.45, 7) is 0. The molecule has 0 saturated heterocycles. The van der Waals surface area contributed by atoms with Gasteiger partial charge in [-0.05, 0) is 38.0 Å². The Kier molecular flexibility index (Phi) is 10.6. The van der Waals surface area contributed by atoms with Crippen molar-refractivity contribution in [3.63, 3.8) is 0 Å². The number of thiophene rings is 1. The Bertz CT molecular complexity index is 764. The van der Waals surface area contributed by atoms with Crippen molar-refractivity contribution in [2.45, 2.75) is 63.3 Å². The summed E-state index contributed by atoms with van der Waals surface area (Å²) in [7, 11) is 0. The van der Waals surface area contributed by atoms with Crippen molar-refractivity contribution in [2.24, 2.45) is 11.8 Å². The predicted molar refractivity (Wildman–Crippen MR) is 122 cm³/mol. The topological polar surface area (TPSA) is 98.0 Å². The lowest BCUT2D eigenvalue weighted by molar-refractivity contribution is -0.137. The maximum absolute atomic E-state index is 10.5. The van der Waals surface area contributed by atoms with E-state index in [-0.39, 0.29) is 18.3 Å². The van der Waals surface area contributed by atoms with Gasteiger partial charge in [0.25, 0.3) is 0 Å². The van der Waals surface area contributed by atoms with Gasteiger partial charge in [0.05, 0.1) is 28.4 Å². The number of carboxylic acid groups (broad SMARTS) is 1. The van der Waals surface area contributed by atoms with E-state index in [1.165, 1.54) is 11.3 Å². The molecule has 0 aliphatic heterocycles. The van der Waals surface area contributed by atoms with Crippen molar-refractivity contribution >= 4 is 52.1 Å². The minimum atomic E-state index is -0.811. The van der Waals surface area contributed by atoms with Crippen LogP contribution in [0.5, 0.6) is 0 Å². The Morgan fingerprint density at radius 2 is 1.90 bits per heavy atom. The van der Waals surface area contributed by atoms with Crippen LogP contribution in [0.2, 0.25) is 14.4 Å². The van der Waals surface area contributed by atoms with Crippen molar-refractivity contribution in [3.05, 3.63) is 43.6 Å². The lowest BCUT2D eigenvalue weighted by Crippen LogP contribution is -2.20. The van der Waals surface area contributed by atoms with Gasteiger partial charge in [-0.1, -0.05) is 59.1 Å². The Labute approximate surface area is 195 Å². The summed E-state index contributed by atoms with van der Waals surface area (Å²) in [6.07, 6.45) is 8.47. The monoisotopic (exact) mass is 496 g/mol. The number of halogens is 3. The van der Waals surface area contributed by atoms with Gasteiger partial charge in [-0.3, -0.25) is 4.79 Å². The van der Waals surface area contributed by atoms with Crippen LogP contribution in [0.15, 0.2) is 24.3 Å². The van der Waals surface area contributed by atoms with E-state index in [0.717, 1.165) is 4.88 Å². The van der Waals surface area contributed by atoms with E-state index in [4.69, 9.17) is 39.9 Å². The predicted octanol–water partition coefficient (Wildman–Crippen LogP) is 5.12. The first-order valence-corrected chi connectivity index (χ1v) is 11.9. The summed E-state index contributed by atoms with van der Waals surface area (Å²) in [6, 6.07) is 0. The fourth-order valence-corrected chi connectivity index (χ4v) is 5.54. The molecule has 0 bridgehead atoms. The third-order valence-electron chi connectivity index (χ3n) is 5.30. The zero-order chi connectivity index (χ0) is 22.3. The number of aryl methyl sites for hydroxylation is 1. The Morgan fingerprint density at radius 3 is 2.53 bits per heavy atom. The first kappa shape index (κ1) is 25.7. The van der Waals surface area contributed by atoms with Crippen molar-refractivity contribution < 1.29 is 25.2 Å². The van der Waals surface area contributed by atoms with Crippen LogP contribution >= 0.6 is 46.1 Å². The number of aliphatic hydroxyl groups is 3. The van der Waals surface area contributed by atoms with Crippen LogP contribution in [0, 0.1) is 11.8 Å². The molecule has 1 saturated carbocycles. The molecule has 1 fully saturated rings. The second-order valence-corrected chi connectivity index (χ2v) is 9.99. The number of carbonyl (C=O) groups is 1. The smallest absolute Gasteiger partial charge is 0.303 e. The molecule has 1 aliphatic carbocycles. The normalized spacial score (nSPS) is 25.5. The van der Waals surface area contributed by atoms with Crippen LogP contribution in [0.4, 0.5) is 0 Å². The third-order valence-corrected chi connectivity index (χ3v) is 7.97. The maximum Gasteiger partial charge on any atom is 0.303 e. The fraction of sp³-hybridized carbons (Fsp3) is 0.571. The van der Waals surface area contributed by atoms with Crippen molar-refractivity contribution in [3.8, 4) is 0 Å². The van der Waals surface area contributed by atoms with E-state index in [1.807, 2.05) is 12.2 Å². The van der Waals surface area contributed by atoms with Gasteiger partial charge < -0.3 is 20.4 Å². The summed E-state index contributed by atoms with van der Waals surface area (Å²) in [5.74, 6) is -1.22. The Balaban J connectivity index is 1.86. The SMILES string of the molecule is O=C(O)CCC/C=C\C[C@H]1C(O)CC(O)[C@@H]1/C=C/C(O)CCc1sc(Cl)c(Cl)c1Cl. The van der Waals surface area contributed by atoms with Gasteiger partial charge in [0.1, 0.15) is 4.34 Å². The van der Waals surface area contributed by atoms with Crippen LogP contribution < -0.4 is 0 Å². The molecule has 0 aromatic carbocycles. The standard InChI is InChI=1S/C21H27Cl3O5S/c22-19-17(30-21(24)20(19)23)10-8-12(25)7-9-14-13(15(26)11-16(14)27)5-3-1-2-4-6-18(28)29/h1,3,7,9,12-16,25-27H,2,4-6,8,10-11H2,(H,28,29)/b3-1-,9-7+/t12?,13-,14-,15?,16?/m1/s1. The Hall–Kier alpha value is -0.600. The summed E-state index contributed by atoms with van der Waals surface area (Å²) in [5.41, 5.74) is 0. The highest BCUT2D eigenvalue weighted by Gasteiger charge is 2.39. The minimum Gasteiger partial charge on any atom is -0.481 e. The highest BCUT2D eigenvalue weighted by molar-refractivity contribution is 7.17. The number of rotatable bonds is 11. The summed E-state index contributed by atoms with van der Waals surface area (Å²) < 4.78 is 0.434. The summed E-state index contributed by atoms with van der Waals surface area (Å²) in [4.78, 5) is 11.3. The number of hydrogen-bond donors (Lipinski definition) is 4. The zero-order valence-electron chi connectivity index (χ0n) is 16.4. The Morgan fingerprint density at radius 1 is 1.17 bits per heavy atom. The molecule has 9 heteroatoms. The highest BCUT2D eigenvalue weighted by Crippen LogP contribution is 2.41. The van der Waals surface area contributed by atoms with Crippen LogP contribution in [0.3, 0.4) is 0 Å². The second kappa shape index (κ2) is 12.4. The molecule has 0 amide bonds. The van der Waals surface area contributed by atoms with Crippen molar-refractivity contribution in [1.29, 1.82) is 0 Å². The molecule has 5 atom stereocenters. The second-order valence-electron chi connectivity index (χ2n) is 7.52. The van der Waals surface area contributed by atoms with Crippen LogP contribution in [0.25, 0.3) is 0 Å². The molecule has 1 aromatic rings. The van der Waals surface area contributed by atoms with E-state index >= 15 is 0 Å². The molecule has 1 aromatic heterocycles. The van der Waals surface area contributed by atoms with Crippen LogP contribution in [-0.4, -0.2) is 44.7 Å². The van der Waals surface area contributed by atoms with E-state index in [1.54, 1.807) is 12.2 Å². The summed E-state index contributed by atoms with van der Waals surface area (Å²) >= 11 is 19.4. The molecule has 2 rings (SSSR count). The summed E-state index contributed by atoms with van der Waals surface area (Å²) in [5, 5.41) is 40.3. The fourth-order valence-electron chi connectivity index (χ4n) is 3.65. The molecular weight excluding hydrogens is 471 g/mol. The van der Waals surface area contributed by atoms with E-state index in [2.05, 4.69) is 0 Å². The first-order valence-electron chi connectivity index (χ1n) is 9.92. The number of aliphatic carboxylic acids is 1. The maximum atomic E-state index is 10.5. The average Bonchev–Trinajstić information content (AvgIpc) is 3.09. The van der Waals surface area contributed by atoms with Gasteiger partial charge in [-0.2, -0.15) is 0 Å². The molecule has 3 unspecified atom stereocenters. The van der Waals surface area contributed by atoms with Crippen LogP contribution in [0.1, 0.15) is 43.4 Å². The number of hydrogen-bond acceptors (Lipinski definition) is 5. The zero-order valence-corrected chi connectivity index (χ0v) is 19.5. The van der Waals surface area contributed by atoms with Gasteiger partial charge >= 0.3 is 5.97 Å². The molecule has 0 radical (unpaired) electrons. The number of aliphatic hydroxyl groups excluding tert-OH is 3. The molecule has 5 nitrogen and oxygen atoms in total. The van der Waals surface area contributed by atoms with Gasteiger partial charge in [0.15, 0.2) is 0 Å². The number of carboxylic acids is 1. The third kappa shape index (κ3) is 7.52. The molecule has 0 spiro atoms. The van der Waals surface area contributed by atoms with Crippen molar-refractivity contribution in [2.75, 3.05) is 0 Å². The van der Waals surface area contributed by atoms with Crippen molar-refractivity contribution in [1.82, 2.24) is 0 Å². The van der Waals surface area contributed by atoms with Gasteiger partial charge in [-0.25, -0.2) is 0 Å². The van der Waals surface area contributed by atoms with Crippen LogP contribution in [-0.2, 0) is 11.2 Å². The molecule has 4 N–H and O–H groups in total. The average molecular weight is 498 g/mol. The highest BCUT2D eigenvalue weighted by atomic mass is 35.5. The number of unbranched alkanes of at least 4 members (excludes halogenated alkanes) is 1. The molecule has 30 heavy (non-hydrogen) atoms. The lowest BCUT2D eigenvalue weighted by Gasteiger charge is -2.19. The number of allylic oxidation sites excluding steroid dienone is 2. The molecule has 168 valence electrons. The lowest BCUT2D eigenvalue weighted by atomic mass is 9.89. The van der Waals surface area contributed by atoms with E-state index in [0.29, 0.717) is 52.9 Å². The van der Waals surface area contributed by atoms with Gasteiger partial charge in [0.2, 0.25) is 0 Å². The first-order chi connectivity index (χ1) is 14.2. The molecular formula is C21H27Cl3O5S. The largest absolute Gasteiger partial charge is 0.481 e. The molecule has 1 heterocycles. The van der Waals surface area contributed by atoms with Gasteiger partial charge in [0, 0.05) is 23.6 Å². The van der Waals surface area contributed by atoms with E-state index < -0.39 is 24.3 Å². The minimum absolute atomic E-state index is 0.132. The van der Waals surface area contributed by atoms with E-state index in [9.17, 15) is 20.1 Å². The molecule has 1 aliphatic rings.